The predicted octanol–water partition coefficient (Wildman–Crippen LogP) is 3.07. The summed E-state index contributed by atoms with van der Waals surface area (Å²) in [4.78, 5) is 32.4. The summed E-state index contributed by atoms with van der Waals surface area (Å²) in [7, 11) is 1.69. The Hall–Kier alpha value is -2.41. The van der Waals surface area contributed by atoms with Crippen molar-refractivity contribution in [1.82, 2.24) is 19.6 Å². The van der Waals surface area contributed by atoms with Crippen molar-refractivity contribution in [2.45, 2.75) is 57.5 Å². The number of hydrogen-bond acceptors (Lipinski definition) is 4. The average molecular weight is 451 g/mol. The van der Waals surface area contributed by atoms with Crippen molar-refractivity contribution in [1.29, 1.82) is 0 Å². The molecule has 1 saturated heterocycles. The molecule has 2 bridgehead atoms. The summed E-state index contributed by atoms with van der Waals surface area (Å²) < 4.78 is 7.21. The highest BCUT2D eigenvalue weighted by Gasteiger charge is 2.55. The van der Waals surface area contributed by atoms with Gasteiger partial charge in [-0.25, -0.2) is 4.98 Å². The number of nitrogens with zero attached hydrogens (tertiary/aromatic N) is 3. The molecule has 4 unspecified atom stereocenters. The van der Waals surface area contributed by atoms with Crippen molar-refractivity contribution < 1.29 is 14.3 Å². The van der Waals surface area contributed by atoms with Gasteiger partial charge >= 0.3 is 0 Å². The molecule has 4 aliphatic rings. The zero-order valence-electron chi connectivity index (χ0n) is 19.5. The van der Waals surface area contributed by atoms with Crippen LogP contribution in [0.2, 0.25) is 0 Å². The van der Waals surface area contributed by atoms with Crippen LogP contribution in [0, 0.1) is 23.2 Å². The second-order valence-corrected chi connectivity index (χ2v) is 10.9. The van der Waals surface area contributed by atoms with Crippen molar-refractivity contribution in [3.8, 4) is 0 Å². The van der Waals surface area contributed by atoms with Crippen molar-refractivity contribution in [3.63, 3.8) is 0 Å². The van der Waals surface area contributed by atoms with Crippen molar-refractivity contribution >= 4 is 17.5 Å². The summed E-state index contributed by atoms with van der Waals surface area (Å²) in [5, 5.41) is 3.28. The molecule has 2 amide bonds. The highest BCUT2D eigenvalue weighted by molar-refractivity contribution is 5.93. The number of aromatic nitrogens is 2. The van der Waals surface area contributed by atoms with Crippen LogP contribution in [-0.4, -0.2) is 58.9 Å². The Labute approximate surface area is 194 Å². The van der Waals surface area contributed by atoms with Crippen LogP contribution in [0.3, 0.4) is 0 Å². The SMILES string of the molecule is CO[C@H]1CCN(C(=O)Cc2cn3c(C(=O)NCC45CCCC(C4)C4CC4C5)cccc3n2)C1. The maximum absolute atomic E-state index is 13.2. The Balaban J connectivity index is 1.14. The molecule has 0 spiro atoms. The molecular formula is C26H34N4O3. The lowest BCUT2D eigenvalue weighted by atomic mass is 9.62. The van der Waals surface area contributed by atoms with Crippen LogP contribution in [0.4, 0.5) is 0 Å². The van der Waals surface area contributed by atoms with Crippen molar-refractivity contribution in [3.05, 3.63) is 35.8 Å². The van der Waals surface area contributed by atoms with E-state index in [4.69, 9.17) is 4.74 Å². The van der Waals surface area contributed by atoms with Gasteiger partial charge in [-0.05, 0) is 67.4 Å². The maximum Gasteiger partial charge on any atom is 0.268 e. The lowest BCUT2D eigenvalue weighted by Crippen LogP contribution is -2.44. The fourth-order valence-electron chi connectivity index (χ4n) is 7.03. The second-order valence-electron chi connectivity index (χ2n) is 10.9. The molecule has 5 atom stereocenters. The maximum atomic E-state index is 13.2. The van der Waals surface area contributed by atoms with Crippen LogP contribution in [0.5, 0.6) is 0 Å². The van der Waals surface area contributed by atoms with Crippen LogP contribution in [0.15, 0.2) is 24.4 Å². The molecule has 0 radical (unpaired) electrons. The number of methoxy groups -OCH3 is 1. The molecule has 0 aromatic carbocycles. The van der Waals surface area contributed by atoms with E-state index in [0.717, 1.165) is 37.3 Å². The minimum atomic E-state index is -0.0484. The number of amides is 2. The van der Waals surface area contributed by atoms with Gasteiger partial charge < -0.3 is 15.0 Å². The first kappa shape index (κ1) is 21.1. The summed E-state index contributed by atoms with van der Waals surface area (Å²) in [5.41, 5.74) is 2.29. The topological polar surface area (TPSA) is 75.9 Å². The van der Waals surface area contributed by atoms with E-state index in [1.54, 1.807) is 7.11 Å². The fraction of sp³-hybridized carbons (Fsp3) is 0.654. The Morgan fingerprint density at radius 1 is 1.24 bits per heavy atom. The van der Waals surface area contributed by atoms with Crippen molar-refractivity contribution in [2.75, 3.05) is 26.7 Å². The largest absolute Gasteiger partial charge is 0.380 e. The lowest BCUT2D eigenvalue weighted by molar-refractivity contribution is -0.129. The van der Waals surface area contributed by atoms with E-state index < -0.39 is 0 Å². The Kier molecular flexibility index (Phi) is 5.20. The summed E-state index contributed by atoms with van der Waals surface area (Å²) in [6.07, 6.45) is 11.0. The molecule has 4 fully saturated rings. The van der Waals surface area contributed by atoms with Crippen molar-refractivity contribution in [2.24, 2.45) is 23.2 Å². The van der Waals surface area contributed by atoms with E-state index >= 15 is 0 Å². The molecule has 2 aromatic rings. The highest BCUT2D eigenvalue weighted by Crippen LogP contribution is 2.63. The monoisotopic (exact) mass is 450 g/mol. The molecule has 7 nitrogen and oxygen atoms in total. The Morgan fingerprint density at radius 2 is 2.12 bits per heavy atom. The molecule has 7 heteroatoms. The summed E-state index contributed by atoms with van der Waals surface area (Å²) >= 11 is 0. The first-order valence-corrected chi connectivity index (χ1v) is 12.6. The minimum absolute atomic E-state index is 0.0484. The molecule has 3 heterocycles. The lowest BCUT2D eigenvalue weighted by Gasteiger charge is -2.45. The van der Waals surface area contributed by atoms with Gasteiger partial charge in [0.1, 0.15) is 11.3 Å². The molecule has 2 aromatic heterocycles. The number of pyridine rings is 1. The van der Waals surface area contributed by atoms with E-state index in [1.807, 2.05) is 33.7 Å². The molecule has 1 N–H and O–H groups in total. The third kappa shape index (κ3) is 3.94. The summed E-state index contributed by atoms with van der Waals surface area (Å²) in [5.74, 6) is 2.79. The third-order valence-corrected chi connectivity index (χ3v) is 8.82. The number of imidazole rings is 1. The number of carbonyl (C=O) groups excluding carboxylic acids is 2. The third-order valence-electron chi connectivity index (χ3n) is 8.82. The van der Waals surface area contributed by atoms with Gasteiger partial charge in [0.25, 0.3) is 5.91 Å². The van der Waals surface area contributed by atoms with Crippen LogP contribution in [0.25, 0.3) is 5.65 Å². The Bertz CT molecular complexity index is 1080. The average Bonchev–Trinajstić information content (AvgIpc) is 3.23. The van der Waals surface area contributed by atoms with E-state index in [0.29, 0.717) is 29.0 Å². The summed E-state index contributed by atoms with van der Waals surface area (Å²) in [6, 6.07) is 5.61. The second kappa shape index (κ2) is 8.12. The number of nitrogens with one attached hydrogen (secondary N) is 1. The molecule has 1 aliphatic heterocycles. The van der Waals surface area contributed by atoms with Crippen LogP contribution in [-0.2, 0) is 16.0 Å². The highest BCUT2D eigenvalue weighted by atomic mass is 16.5. The van der Waals surface area contributed by atoms with Gasteiger partial charge in [-0.2, -0.15) is 0 Å². The first-order chi connectivity index (χ1) is 16.0. The minimum Gasteiger partial charge on any atom is -0.380 e. The smallest absolute Gasteiger partial charge is 0.268 e. The Morgan fingerprint density at radius 3 is 2.97 bits per heavy atom. The zero-order chi connectivity index (χ0) is 22.6. The molecule has 6 rings (SSSR count). The molecular weight excluding hydrogens is 416 g/mol. The normalized spacial score (nSPS) is 32.6. The quantitative estimate of drug-likeness (QED) is 0.734. The standard InChI is InChI=1S/C26H34N4O3/c1-33-20-7-9-29(15-20)24(31)11-19-14-30-22(5-2-6-23(30)28-19)25(32)27-16-26-8-3-4-17(12-26)21-10-18(21)13-26/h2,5-6,14,17-18,20-21H,3-4,7-13,15-16H2,1H3,(H,27,32)/t17?,18?,20-,21?,26?/m0/s1. The van der Waals surface area contributed by atoms with Crippen LogP contribution < -0.4 is 5.32 Å². The van der Waals surface area contributed by atoms with Gasteiger partial charge in [0.15, 0.2) is 0 Å². The van der Waals surface area contributed by atoms with Gasteiger partial charge in [0, 0.05) is 32.9 Å². The molecule has 176 valence electrons. The van der Waals surface area contributed by atoms with Crippen LogP contribution in [0.1, 0.15) is 61.1 Å². The van der Waals surface area contributed by atoms with E-state index in [9.17, 15) is 9.59 Å². The van der Waals surface area contributed by atoms with Gasteiger partial charge in [-0.3, -0.25) is 14.0 Å². The number of hydrogen-bond donors (Lipinski definition) is 1. The predicted molar refractivity (Wildman–Crippen MR) is 124 cm³/mol. The molecule has 3 saturated carbocycles. The number of likely N-dealkylation sites (tertiary alicyclic amines) is 1. The van der Waals surface area contributed by atoms with Gasteiger partial charge in [0.2, 0.25) is 5.91 Å². The van der Waals surface area contributed by atoms with E-state index in [1.165, 1.54) is 38.5 Å². The van der Waals surface area contributed by atoms with Gasteiger partial charge in [-0.15, -0.1) is 0 Å². The van der Waals surface area contributed by atoms with Gasteiger partial charge in [0.05, 0.1) is 18.2 Å². The zero-order valence-corrected chi connectivity index (χ0v) is 19.5. The first-order valence-electron chi connectivity index (χ1n) is 12.6. The van der Waals surface area contributed by atoms with E-state index in [2.05, 4.69) is 10.3 Å². The molecule has 3 aliphatic carbocycles. The number of fused-ring (bicyclic) bond motifs is 5. The fourth-order valence-corrected chi connectivity index (χ4v) is 7.03. The summed E-state index contributed by atoms with van der Waals surface area (Å²) in [6.45, 7) is 2.14. The van der Waals surface area contributed by atoms with E-state index in [-0.39, 0.29) is 24.3 Å². The molecule has 33 heavy (non-hydrogen) atoms. The van der Waals surface area contributed by atoms with Crippen LogP contribution >= 0.6 is 0 Å². The van der Waals surface area contributed by atoms with Gasteiger partial charge in [-0.1, -0.05) is 18.9 Å². The number of rotatable bonds is 6. The number of ether oxygens (including phenoxy) is 1. The number of carbonyl (C=O) groups is 2.